The van der Waals surface area contributed by atoms with Crippen LogP contribution in [0.1, 0.15) is 24.4 Å². The number of aromatic amines is 1. The van der Waals surface area contributed by atoms with Crippen molar-refractivity contribution in [2.75, 3.05) is 7.05 Å². The Morgan fingerprint density at radius 2 is 1.87 bits per heavy atom. The molecular formula is C18H19BrN3O+. The zero-order chi connectivity index (χ0) is 16.4. The molecule has 3 rings (SSSR count). The van der Waals surface area contributed by atoms with E-state index in [1.54, 1.807) is 6.07 Å². The van der Waals surface area contributed by atoms with E-state index >= 15 is 0 Å². The molecule has 0 aliphatic carbocycles. The molecule has 5 heteroatoms. The molecule has 0 saturated heterocycles. The lowest BCUT2D eigenvalue weighted by molar-refractivity contribution is -0.924. The lowest BCUT2D eigenvalue weighted by atomic mass is 10.2. The van der Waals surface area contributed by atoms with Crippen molar-refractivity contribution in [1.82, 2.24) is 9.97 Å². The van der Waals surface area contributed by atoms with Crippen molar-refractivity contribution in [3.63, 3.8) is 0 Å². The van der Waals surface area contributed by atoms with Gasteiger partial charge in [-0.25, -0.2) is 4.98 Å². The van der Waals surface area contributed by atoms with Gasteiger partial charge in [0.05, 0.1) is 18.0 Å². The first-order valence-corrected chi connectivity index (χ1v) is 8.39. The first kappa shape index (κ1) is 15.9. The minimum absolute atomic E-state index is 0.0751. The normalized spacial score (nSPS) is 13.9. The summed E-state index contributed by atoms with van der Waals surface area (Å²) in [6.45, 7) is 2.95. The summed E-state index contributed by atoms with van der Waals surface area (Å²) >= 11 is 3.45. The van der Waals surface area contributed by atoms with Gasteiger partial charge in [0, 0.05) is 10.0 Å². The summed E-state index contributed by atoms with van der Waals surface area (Å²) in [5, 5.41) is 0.633. The number of nitrogens with zero attached hydrogens (tertiary/aromatic N) is 1. The molecule has 0 spiro atoms. The largest absolute Gasteiger partial charge is 0.325 e. The monoisotopic (exact) mass is 372 g/mol. The molecular weight excluding hydrogens is 354 g/mol. The SMILES string of the molecule is C[C@H](c1nc2ccccc2c(=O)[nH]1)[NH+](C)Cc1ccc(Br)cc1. The van der Waals surface area contributed by atoms with Gasteiger partial charge in [0.25, 0.3) is 5.56 Å². The summed E-state index contributed by atoms with van der Waals surface area (Å²) in [5.41, 5.74) is 1.92. The third-order valence-electron chi connectivity index (χ3n) is 4.18. The first-order valence-electron chi connectivity index (χ1n) is 7.60. The second kappa shape index (κ2) is 6.64. The molecule has 1 unspecified atom stereocenters. The zero-order valence-corrected chi connectivity index (χ0v) is 14.7. The molecule has 0 aliphatic rings. The number of halogens is 1. The zero-order valence-electron chi connectivity index (χ0n) is 13.1. The average molecular weight is 373 g/mol. The summed E-state index contributed by atoms with van der Waals surface area (Å²) in [4.78, 5) is 21.0. The van der Waals surface area contributed by atoms with Crippen molar-refractivity contribution >= 4 is 26.8 Å². The molecule has 1 aromatic heterocycles. The van der Waals surface area contributed by atoms with Gasteiger partial charge in [-0.05, 0) is 31.2 Å². The molecule has 3 aromatic rings. The van der Waals surface area contributed by atoms with Crippen molar-refractivity contribution in [2.24, 2.45) is 0 Å². The highest BCUT2D eigenvalue weighted by atomic mass is 79.9. The highest BCUT2D eigenvalue weighted by molar-refractivity contribution is 9.10. The van der Waals surface area contributed by atoms with E-state index in [1.807, 2.05) is 30.3 Å². The topological polar surface area (TPSA) is 50.2 Å². The van der Waals surface area contributed by atoms with Gasteiger partial charge >= 0.3 is 0 Å². The molecule has 2 aromatic carbocycles. The number of rotatable bonds is 4. The van der Waals surface area contributed by atoms with Gasteiger partial charge in [-0.3, -0.25) is 4.79 Å². The quantitative estimate of drug-likeness (QED) is 0.738. The molecule has 0 aliphatic heterocycles. The number of quaternary nitrogens is 1. The average Bonchev–Trinajstić information content (AvgIpc) is 2.56. The van der Waals surface area contributed by atoms with Crippen LogP contribution in [0.3, 0.4) is 0 Å². The third kappa shape index (κ3) is 3.51. The lowest BCUT2D eigenvalue weighted by Crippen LogP contribution is -3.07. The summed E-state index contributed by atoms with van der Waals surface area (Å²) in [6.07, 6.45) is 0. The molecule has 0 bridgehead atoms. The number of nitrogens with one attached hydrogen (secondary N) is 2. The minimum Gasteiger partial charge on any atom is -0.325 e. The summed E-state index contributed by atoms with van der Waals surface area (Å²) in [5.74, 6) is 0.725. The van der Waals surface area contributed by atoms with E-state index in [4.69, 9.17) is 0 Å². The van der Waals surface area contributed by atoms with Crippen LogP contribution >= 0.6 is 15.9 Å². The molecule has 23 heavy (non-hydrogen) atoms. The van der Waals surface area contributed by atoms with Crippen molar-refractivity contribution < 1.29 is 4.90 Å². The molecule has 118 valence electrons. The van der Waals surface area contributed by atoms with Crippen LogP contribution in [0.5, 0.6) is 0 Å². The van der Waals surface area contributed by atoms with Crippen LogP contribution in [0.15, 0.2) is 57.8 Å². The molecule has 2 atom stereocenters. The number of H-pyrrole nitrogens is 1. The van der Waals surface area contributed by atoms with Gasteiger partial charge in [0.2, 0.25) is 0 Å². The van der Waals surface area contributed by atoms with Gasteiger partial charge in [-0.2, -0.15) is 0 Å². The fraction of sp³-hybridized carbons (Fsp3) is 0.222. The summed E-state index contributed by atoms with van der Waals surface area (Å²) in [6, 6.07) is 15.8. The maximum atomic E-state index is 12.2. The van der Waals surface area contributed by atoms with Crippen molar-refractivity contribution in [3.8, 4) is 0 Å². The molecule has 2 N–H and O–H groups in total. The van der Waals surface area contributed by atoms with E-state index in [0.717, 1.165) is 22.4 Å². The molecule has 1 heterocycles. The maximum absolute atomic E-state index is 12.2. The fourth-order valence-corrected chi connectivity index (χ4v) is 2.88. The number of fused-ring (bicyclic) bond motifs is 1. The lowest BCUT2D eigenvalue weighted by Gasteiger charge is -2.21. The Balaban J connectivity index is 1.85. The van der Waals surface area contributed by atoms with Crippen molar-refractivity contribution in [1.29, 1.82) is 0 Å². The Hall–Kier alpha value is -1.98. The summed E-state index contributed by atoms with van der Waals surface area (Å²) in [7, 11) is 2.11. The smallest absolute Gasteiger partial charge is 0.258 e. The van der Waals surface area contributed by atoms with E-state index in [-0.39, 0.29) is 11.6 Å². The maximum Gasteiger partial charge on any atom is 0.258 e. The highest BCUT2D eigenvalue weighted by Gasteiger charge is 2.19. The van der Waals surface area contributed by atoms with Gasteiger partial charge < -0.3 is 9.88 Å². The van der Waals surface area contributed by atoms with Gasteiger partial charge in [-0.15, -0.1) is 0 Å². The number of hydrogen-bond donors (Lipinski definition) is 2. The number of hydrogen-bond acceptors (Lipinski definition) is 2. The first-order chi connectivity index (χ1) is 11.0. The van der Waals surface area contributed by atoms with Crippen molar-refractivity contribution in [3.05, 3.63) is 74.7 Å². The number of para-hydroxylation sites is 1. The van der Waals surface area contributed by atoms with Crippen LogP contribution < -0.4 is 10.5 Å². The van der Waals surface area contributed by atoms with E-state index in [2.05, 4.69) is 52.0 Å². The molecule has 0 fully saturated rings. The highest BCUT2D eigenvalue weighted by Crippen LogP contribution is 2.11. The van der Waals surface area contributed by atoms with E-state index in [0.29, 0.717) is 5.39 Å². The molecule has 0 saturated carbocycles. The predicted octanol–water partition coefficient (Wildman–Crippen LogP) is 2.46. The Bertz CT molecular complexity index is 873. The van der Waals surface area contributed by atoms with Gasteiger partial charge in [-0.1, -0.05) is 40.2 Å². The third-order valence-corrected chi connectivity index (χ3v) is 4.71. The van der Waals surface area contributed by atoms with Gasteiger partial charge in [0.1, 0.15) is 12.6 Å². The Morgan fingerprint density at radius 3 is 2.61 bits per heavy atom. The van der Waals surface area contributed by atoms with Crippen LogP contribution in [-0.2, 0) is 6.54 Å². The van der Waals surface area contributed by atoms with Crippen LogP contribution in [0.25, 0.3) is 10.9 Å². The Morgan fingerprint density at radius 1 is 1.17 bits per heavy atom. The van der Waals surface area contributed by atoms with Crippen LogP contribution in [0.4, 0.5) is 0 Å². The number of benzene rings is 2. The van der Waals surface area contributed by atoms with Crippen LogP contribution in [0, 0.1) is 0 Å². The molecule has 0 amide bonds. The molecule has 4 nitrogen and oxygen atoms in total. The minimum atomic E-state index is -0.0751. The molecule has 0 radical (unpaired) electrons. The van der Waals surface area contributed by atoms with E-state index < -0.39 is 0 Å². The Kier molecular flexibility index (Phi) is 4.59. The standard InChI is InChI=1S/C18H18BrN3O/c1-12(22(2)11-13-7-9-14(19)10-8-13)17-20-16-6-4-3-5-15(16)18(23)21-17/h3-10,12H,11H2,1-2H3,(H,20,21,23)/p+1/t12-/m1/s1. The van der Waals surface area contributed by atoms with Crippen LogP contribution in [0.2, 0.25) is 0 Å². The fourth-order valence-electron chi connectivity index (χ4n) is 2.62. The number of aromatic nitrogens is 2. The van der Waals surface area contributed by atoms with Crippen molar-refractivity contribution in [2.45, 2.75) is 19.5 Å². The van der Waals surface area contributed by atoms with Crippen LogP contribution in [-0.4, -0.2) is 17.0 Å². The summed E-state index contributed by atoms with van der Waals surface area (Å²) < 4.78 is 1.08. The van der Waals surface area contributed by atoms with E-state index in [1.165, 1.54) is 10.5 Å². The van der Waals surface area contributed by atoms with E-state index in [9.17, 15) is 4.79 Å². The Labute approximate surface area is 143 Å². The van der Waals surface area contributed by atoms with Gasteiger partial charge in [0.15, 0.2) is 5.82 Å². The second-order valence-corrected chi connectivity index (χ2v) is 6.76. The predicted molar refractivity (Wildman–Crippen MR) is 95.5 cm³/mol. The second-order valence-electron chi connectivity index (χ2n) is 5.84.